The van der Waals surface area contributed by atoms with Crippen LogP contribution < -0.4 is 5.73 Å². The number of nitrogens with zero attached hydrogens (tertiary/aromatic N) is 4. The van der Waals surface area contributed by atoms with Crippen molar-refractivity contribution in [3.8, 4) is 5.69 Å². The number of benzene rings is 1. The van der Waals surface area contributed by atoms with E-state index in [4.69, 9.17) is 5.73 Å². The maximum atomic E-state index is 12.0. The van der Waals surface area contributed by atoms with Crippen LogP contribution in [0.4, 0.5) is 0 Å². The molecule has 7 heteroatoms. The summed E-state index contributed by atoms with van der Waals surface area (Å²) < 4.78 is 0.981. The molecule has 1 saturated heterocycles. The van der Waals surface area contributed by atoms with Crippen molar-refractivity contribution in [3.05, 3.63) is 40.6 Å². The van der Waals surface area contributed by atoms with E-state index >= 15 is 0 Å². The topological polar surface area (TPSA) is 77.0 Å². The van der Waals surface area contributed by atoms with Crippen molar-refractivity contribution in [2.75, 3.05) is 13.1 Å². The minimum atomic E-state index is -0.120. The van der Waals surface area contributed by atoms with Crippen LogP contribution in [0.3, 0.4) is 0 Å². The molecular formula is C12H12BrN5O. The zero-order valence-electron chi connectivity index (χ0n) is 10.0. The summed E-state index contributed by atoms with van der Waals surface area (Å²) in [4.78, 5) is 15.1. The number of aromatic nitrogens is 3. The Labute approximate surface area is 118 Å². The molecule has 0 aliphatic carbocycles. The maximum absolute atomic E-state index is 12.0. The van der Waals surface area contributed by atoms with Crippen LogP contribution in [0.2, 0.25) is 0 Å². The maximum Gasteiger partial charge on any atom is 0.276 e. The molecular weight excluding hydrogens is 310 g/mol. The van der Waals surface area contributed by atoms with Gasteiger partial charge in [-0.2, -0.15) is 9.90 Å². The summed E-state index contributed by atoms with van der Waals surface area (Å²) in [5, 5.41) is 8.30. The molecule has 6 nitrogen and oxygen atoms in total. The molecule has 19 heavy (non-hydrogen) atoms. The predicted octanol–water partition coefficient (Wildman–Crippen LogP) is 0.813. The van der Waals surface area contributed by atoms with Crippen LogP contribution in [0.25, 0.3) is 5.69 Å². The molecule has 1 aliphatic heterocycles. The quantitative estimate of drug-likeness (QED) is 0.888. The third-order valence-corrected chi connectivity index (χ3v) is 3.49. The van der Waals surface area contributed by atoms with Crippen LogP contribution >= 0.6 is 15.9 Å². The fourth-order valence-corrected chi connectivity index (χ4v) is 2.16. The lowest BCUT2D eigenvalue weighted by Gasteiger charge is -2.36. The largest absolute Gasteiger partial charge is 0.334 e. The molecule has 0 atom stereocenters. The molecule has 0 radical (unpaired) electrons. The minimum absolute atomic E-state index is 0.0884. The number of carbonyl (C=O) groups excluding carboxylic acids is 1. The Morgan fingerprint density at radius 3 is 2.63 bits per heavy atom. The van der Waals surface area contributed by atoms with Gasteiger partial charge in [0, 0.05) is 23.6 Å². The molecule has 1 aromatic carbocycles. The summed E-state index contributed by atoms with van der Waals surface area (Å²) in [6.45, 7) is 1.17. The van der Waals surface area contributed by atoms with Gasteiger partial charge in [-0.25, -0.2) is 0 Å². The molecule has 0 spiro atoms. The van der Waals surface area contributed by atoms with Crippen molar-refractivity contribution in [1.82, 2.24) is 19.9 Å². The van der Waals surface area contributed by atoms with Gasteiger partial charge in [-0.05, 0) is 24.3 Å². The van der Waals surface area contributed by atoms with Gasteiger partial charge >= 0.3 is 0 Å². The van der Waals surface area contributed by atoms with Crippen molar-refractivity contribution in [1.29, 1.82) is 0 Å². The van der Waals surface area contributed by atoms with E-state index in [0.717, 1.165) is 10.2 Å². The van der Waals surface area contributed by atoms with Crippen molar-refractivity contribution in [2.24, 2.45) is 5.73 Å². The zero-order valence-corrected chi connectivity index (χ0v) is 11.6. The lowest BCUT2D eigenvalue weighted by molar-refractivity contribution is 0.0601. The van der Waals surface area contributed by atoms with Gasteiger partial charge in [0.1, 0.15) is 0 Å². The fourth-order valence-electron chi connectivity index (χ4n) is 1.90. The molecule has 2 N–H and O–H groups in total. The Hall–Kier alpha value is -1.73. The number of rotatable bonds is 2. The first-order chi connectivity index (χ1) is 9.13. The van der Waals surface area contributed by atoms with Crippen LogP contribution in [0.15, 0.2) is 34.9 Å². The summed E-state index contributed by atoms with van der Waals surface area (Å²) in [5.41, 5.74) is 6.81. The first kappa shape index (κ1) is 12.3. The van der Waals surface area contributed by atoms with Crippen LogP contribution in [-0.4, -0.2) is 44.9 Å². The molecule has 3 rings (SSSR count). The van der Waals surface area contributed by atoms with E-state index in [9.17, 15) is 4.79 Å². The fraction of sp³-hybridized carbons (Fsp3) is 0.250. The molecule has 2 aromatic rings. The molecule has 0 unspecified atom stereocenters. The second-order valence-electron chi connectivity index (χ2n) is 4.47. The molecule has 0 bridgehead atoms. The van der Waals surface area contributed by atoms with Crippen LogP contribution in [-0.2, 0) is 0 Å². The first-order valence-corrected chi connectivity index (χ1v) is 6.66. The highest BCUT2D eigenvalue weighted by Gasteiger charge is 2.29. The van der Waals surface area contributed by atoms with Gasteiger partial charge in [0.2, 0.25) is 0 Å². The van der Waals surface area contributed by atoms with E-state index in [1.807, 2.05) is 24.3 Å². The molecule has 1 amide bonds. The van der Waals surface area contributed by atoms with Crippen molar-refractivity contribution in [3.63, 3.8) is 0 Å². The number of hydrogen-bond donors (Lipinski definition) is 1. The summed E-state index contributed by atoms with van der Waals surface area (Å²) in [6, 6.07) is 7.63. The van der Waals surface area contributed by atoms with Gasteiger partial charge in [-0.3, -0.25) is 4.79 Å². The normalized spacial score (nSPS) is 15.4. The second kappa shape index (κ2) is 4.75. The van der Waals surface area contributed by atoms with Gasteiger partial charge in [0.25, 0.3) is 5.91 Å². The number of halogens is 1. The molecule has 1 aromatic heterocycles. The van der Waals surface area contributed by atoms with E-state index in [-0.39, 0.29) is 11.9 Å². The Kier molecular flexibility index (Phi) is 3.08. The first-order valence-electron chi connectivity index (χ1n) is 5.86. The lowest BCUT2D eigenvalue weighted by atomic mass is 10.1. The Balaban J connectivity index is 1.79. The average Bonchev–Trinajstić information content (AvgIpc) is 2.85. The van der Waals surface area contributed by atoms with Crippen molar-refractivity contribution < 1.29 is 4.79 Å². The highest BCUT2D eigenvalue weighted by atomic mass is 79.9. The monoisotopic (exact) mass is 321 g/mol. The number of carbonyl (C=O) groups is 1. The number of amides is 1. The summed E-state index contributed by atoms with van der Waals surface area (Å²) in [6.07, 6.45) is 1.48. The Morgan fingerprint density at radius 1 is 1.32 bits per heavy atom. The SMILES string of the molecule is NC1CN(C(=O)c2cnn(-c3ccc(Br)cc3)n2)C1. The lowest BCUT2D eigenvalue weighted by Crippen LogP contribution is -2.57. The Morgan fingerprint density at radius 2 is 2.00 bits per heavy atom. The van der Waals surface area contributed by atoms with Gasteiger partial charge in [-0.15, -0.1) is 5.10 Å². The van der Waals surface area contributed by atoms with Crippen molar-refractivity contribution in [2.45, 2.75) is 6.04 Å². The van der Waals surface area contributed by atoms with Gasteiger partial charge < -0.3 is 10.6 Å². The van der Waals surface area contributed by atoms with Gasteiger partial charge in [0.05, 0.1) is 11.9 Å². The summed E-state index contributed by atoms with van der Waals surface area (Å²) in [7, 11) is 0. The van der Waals surface area contributed by atoms with E-state index < -0.39 is 0 Å². The standard InChI is InChI=1S/C12H12BrN5O/c13-8-1-3-10(4-2-8)18-15-5-11(16-18)12(19)17-6-9(14)7-17/h1-5,9H,6-7,14H2. The number of likely N-dealkylation sites (tertiary alicyclic amines) is 1. The minimum Gasteiger partial charge on any atom is -0.334 e. The smallest absolute Gasteiger partial charge is 0.276 e. The highest BCUT2D eigenvalue weighted by molar-refractivity contribution is 9.10. The third kappa shape index (κ3) is 2.39. The molecule has 98 valence electrons. The molecule has 1 fully saturated rings. The zero-order chi connectivity index (χ0) is 13.4. The van der Waals surface area contributed by atoms with Gasteiger partial charge in [0.15, 0.2) is 5.69 Å². The highest BCUT2D eigenvalue weighted by Crippen LogP contribution is 2.14. The number of hydrogen-bond acceptors (Lipinski definition) is 4. The third-order valence-electron chi connectivity index (χ3n) is 2.97. The van der Waals surface area contributed by atoms with Crippen LogP contribution in [0, 0.1) is 0 Å². The predicted molar refractivity (Wildman–Crippen MR) is 72.9 cm³/mol. The van der Waals surface area contributed by atoms with E-state index in [2.05, 4.69) is 26.1 Å². The second-order valence-corrected chi connectivity index (χ2v) is 5.38. The Bertz CT molecular complexity index is 603. The van der Waals surface area contributed by atoms with E-state index in [0.29, 0.717) is 18.8 Å². The van der Waals surface area contributed by atoms with E-state index in [1.54, 1.807) is 4.90 Å². The molecule has 2 heterocycles. The average molecular weight is 322 g/mol. The van der Waals surface area contributed by atoms with Crippen LogP contribution in [0.1, 0.15) is 10.5 Å². The van der Waals surface area contributed by atoms with Crippen molar-refractivity contribution >= 4 is 21.8 Å². The van der Waals surface area contributed by atoms with Crippen LogP contribution in [0.5, 0.6) is 0 Å². The molecule has 0 saturated carbocycles. The number of nitrogens with two attached hydrogens (primary N) is 1. The van der Waals surface area contributed by atoms with E-state index in [1.165, 1.54) is 11.0 Å². The van der Waals surface area contributed by atoms with Gasteiger partial charge in [-0.1, -0.05) is 15.9 Å². The summed E-state index contributed by atoms with van der Waals surface area (Å²) >= 11 is 3.37. The summed E-state index contributed by atoms with van der Waals surface area (Å²) in [5.74, 6) is -0.120. The molecule has 1 aliphatic rings.